The minimum Gasteiger partial charge on any atom is -0.481 e. The number of nitrogens with one attached hydrogen (secondary N) is 1. The quantitative estimate of drug-likeness (QED) is 0.534. The largest absolute Gasteiger partial charge is 0.481 e. The van der Waals surface area contributed by atoms with Gasteiger partial charge in [0.1, 0.15) is 6.04 Å². The lowest BCUT2D eigenvalue weighted by molar-refractivity contribution is -0.138. The number of benzene rings is 2. The van der Waals surface area contributed by atoms with Crippen molar-refractivity contribution in [1.82, 2.24) is 9.62 Å². The zero-order chi connectivity index (χ0) is 26.0. The van der Waals surface area contributed by atoms with Crippen molar-refractivity contribution in [3.8, 4) is 0 Å². The first kappa shape index (κ1) is 27.0. The first-order valence-corrected chi connectivity index (χ1v) is 12.8. The van der Waals surface area contributed by atoms with Gasteiger partial charge in [-0.05, 0) is 35.4 Å². The Hall–Kier alpha value is -2.56. The molecule has 1 atom stereocenters. The highest BCUT2D eigenvalue weighted by Gasteiger charge is 2.45. The Kier molecular flexibility index (Phi) is 7.88. The van der Waals surface area contributed by atoms with Gasteiger partial charge in [0, 0.05) is 36.4 Å². The molecule has 2 aromatic rings. The van der Waals surface area contributed by atoms with E-state index in [1.165, 1.54) is 24.3 Å². The van der Waals surface area contributed by atoms with Crippen LogP contribution >= 0.6 is 11.6 Å². The highest BCUT2D eigenvalue weighted by Crippen LogP contribution is 2.33. The Balaban J connectivity index is 2.01. The van der Waals surface area contributed by atoms with Crippen molar-refractivity contribution in [2.24, 2.45) is 0 Å². The van der Waals surface area contributed by atoms with E-state index in [0.29, 0.717) is 10.6 Å². The normalized spacial score (nSPS) is 18.7. The second-order valence-corrected chi connectivity index (χ2v) is 11.6. The first-order chi connectivity index (χ1) is 16.2. The second-order valence-electron chi connectivity index (χ2n) is 9.27. The molecule has 7 nitrogen and oxygen atoms in total. The van der Waals surface area contributed by atoms with E-state index in [2.05, 4.69) is 5.32 Å². The summed E-state index contributed by atoms with van der Waals surface area (Å²) in [5.74, 6) is -4.99. The number of halogens is 3. The van der Waals surface area contributed by atoms with Gasteiger partial charge in [0.15, 0.2) is 0 Å². The SMILES string of the molecule is CC(C)(CC(=O)O)c1ccc(CN(C2CC(F)(F)CCNC2=O)S(=O)(=O)c2ccc(Cl)cc2)cc1. The average molecular weight is 529 g/mol. The maximum Gasteiger partial charge on any atom is 0.304 e. The van der Waals surface area contributed by atoms with Crippen LogP contribution in [-0.4, -0.2) is 48.2 Å². The molecule has 1 aliphatic rings. The number of rotatable bonds is 8. The van der Waals surface area contributed by atoms with E-state index < -0.39 is 52.1 Å². The molecule has 0 saturated carbocycles. The predicted molar refractivity (Wildman–Crippen MR) is 127 cm³/mol. The van der Waals surface area contributed by atoms with Crippen molar-refractivity contribution in [3.63, 3.8) is 0 Å². The van der Waals surface area contributed by atoms with Gasteiger partial charge >= 0.3 is 5.97 Å². The van der Waals surface area contributed by atoms with Gasteiger partial charge in [-0.15, -0.1) is 0 Å². The van der Waals surface area contributed by atoms with E-state index >= 15 is 0 Å². The molecular formula is C24H27ClF2N2O5S. The van der Waals surface area contributed by atoms with Crippen LogP contribution in [0.2, 0.25) is 5.02 Å². The van der Waals surface area contributed by atoms with E-state index in [1.54, 1.807) is 38.1 Å². The lowest BCUT2D eigenvalue weighted by Gasteiger charge is -2.31. The third-order valence-corrected chi connectivity index (χ3v) is 8.14. The number of carboxylic acid groups (broad SMARTS) is 1. The minimum atomic E-state index is -4.37. The molecule has 0 radical (unpaired) electrons. The highest BCUT2D eigenvalue weighted by atomic mass is 35.5. The maximum atomic E-state index is 14.4. The molecular weight excluding hydrogens is 502 g/mol. The summed E-state index contributed by atoms with van der Waals surface area (Å²) in [5, 5.41) is 11.8. The monoisotopic (exact) mass is 528 g/mol. The van der Waals surface area contributed by atoms with E-state index in [1.807, 2.05) is 0 Å². The number of carbonyl (C=O) groups is 2. The van der Waals surface area contributed by atoms with Gasteiger partial charge in [-0.1, -0.05) is 49.7 Å². The van der Waals surface area contributed by atoms with Gasteiger partial charge in [-0.3, -0.25) is 9.59 Å². The Bertz CT molecular complexity index is 1190. The Morgan fingerprint density at radius 2 is 1.77 bits per heavy atom. The summed E-state index contributed by atoms with van der Waals surface area (Å²) < 4.78 is 56.8. The summed E-state index contributed by atoms with van der Waals surface area (Å²) >= 11 is 5.88. The Labute approximate surface area is 208 Å². The van der Waals surface area contributed by atoms with Gasteiger partial charge < -0.3 is 10.4 Å². The molecule has 0 aliphatic carbocycles. The van der Waals surface area contributed by atoms with Crippen molar-refractivity contribution < 1.29 is 31.9 Å². The summed E-state index contributed by atoms with van der Waals surface area (Å²) in [7, 11) is -4.37. The summed E-state index contributed by atoms with van der Waals surface area (Å²) in [6, 6.07) is 10.2. The van der Waals surface area contributed by atoms with Crippen LogP contribution in [0, 0.1) is 0 Å². The summed E-state index contributed by atoms with van der Waals surface area (Å²) in [6.07, 6.45) is -1.65. The molecule has 1 amide bonds. The van der Waals surface area contributed by atoms with Gasteiger partial charge in [0.05, 0.1) is 11.3 Å². The number of nitrogens with zero attached hydrogens (tertiary/aromatic N) is 1. The number of amides is 1. The fourth-order valence-electron chi connectivity index (χ4n) is 4.02. The fourth-order valence-corrected chi connectivity index (χ4v) is 5.72. The molecule has 11 heteroatoms. The number of carbonyl (C=O) groups excluding carboxylic acids is 1. The predicted octanol–water partition coefficient (Wildman–Crippen LogP) is 4.20. The molecule has 3 rings (SSSR count). The van der Waals surface area contributed by atoms with Gasteiger partial charge in [0.25, 0.3) is 5.92 Å². The van der Waals surface area contributed by atoms with Crippen molar-refractivity contribution in [2.75, 3.05) is 6.54 Å². The molecule has 0 aromatic heterocycles. The third-order valence-electron chi connectivity index (χ3n) is 6.02. The molecule has 0 spiro atoms. The van der Waals surface area contributed by atoms with Crippen LogP contribution in [0.5, 0.6) is 0 Å². The topological polar surface area (TPSA) is 104 Å². The van der Waals surface area contributed by atoms with Crippen LogP contribution in [0.1, 0.15) is 44.2 Å². The summed E-state index contributed by atoms with van der Waals surface area (Å²) in [5.41, 5.74) is 0.495. The lowest BCUT2D eigenvalue weighted by Crippen LogP contribution is -2.49. The molecule has 1 aliphatic heterocycles. The fraction of sp³-hybridized carbons (Fsp3) is 0.417. The second kappa shape index (κ2) is 10.2. The van der Waals surface area contributed by atoms with E-state index in [0.717, 1.165) is 9.87 Å². The zero-order valence-electron chi connectivity index (χ0n) is 19.3. The first-order valence-electron chi connectivity index (χ1n) is 11.0. The van der Waals surface area contributed by atoms with Crippen molar-refractivity contribution in [1.29, 1.82) is 0 Å². The smallest absolute Gasteiger partial charge is 0.304 e. The van der Waals surface area contributed by atoms with E-state index in [9.17, 15) is 26.8 Å². The van der Waals surface area contributed by atoms with E-state index in [4.69, 9.17) is 16.7 Å². The van der Waals surface area contributed by atoms with Gasteiger partial charge in [0.2, 0.25) is 15.9 Å². The number of sulfonamides is 1. The van der Waals surface area contributed by atoms with Crippen molar-refractivity contribution in [3.05, 3.63) is 64.7 Å². The van der Waals surface area contributed by atoms with Gasteiger partial charge in [-0.2, -0.15) is 4.31 Å². The summed E-state index contributed by atoms with van der Waals surface area (Å²) in [4.78, 5) is 23.7. The molecule has 1 fully saturated rings. The average Bonchev–Trinajstić information content (AvgIpc) is 2.88. The number of hydrogen-bond acceptors (Lipinski definition) is 4. The number of aliphatic carboxylic acids is 1. The molecule has 1 saturated heterocycles. The molecule has 0 bridgehead atoms. The molecule has 2 aromatic carbocycles. The third kappa shape index (κ3) is 6.56. The molecule has 1 unspecified atom stereocenters. The van der Waals surface area contributed by atoms with E-state index in [-0.39, 0.29) is 24.4 Å². The maximum absolute atomic E-state index is 14.4. The lowest BCUT2D eigenvalue weighted by atomic mass is 9.81. The van der Waals surface area contributed by atoms with Crippen LogP contribution in [0.3, 0.4) is 0 Å². The van der Waals surface area contributed by atoms with Crippen LogP contribution < -0.4 is 5.32 Å². The van der Waals surface area contributed by atoms with Crippen molar-refractivity contribution >= 4 is 33.5 Å². The van der Waals surface area contributed by atoms with Gasteiger partial charge in [-0.25, -0.2) is 17.2 Å². The number of carboxylic acids is 1. The molecule has 35 heavy (non-hydrogen) atoms. The summed E-state index contributed by atoms with van der Waals surface area (Å²) in [6.45, 7) is 2.94. The minimum absolute atomic E-state index is 0.110. The molecule has 1 heterocycles. The highest BCUT2D eigenvalue weighted by molar-refractivity contribution is 7.89. The van der Waals surface area contributed by atoms with Crippen LogP contribution in [0.15, 0.2) is 53.4 Å². The van der Waals surface area contributed by atoms with Crippen LogP contribution in [0.25, 0.3) is 0 Å². The Morgan fingerprint density at radius 1 is 1.17 bits per heavy atom. The van der Waals surface area contributed by atoms with Crippen LogP contribution in [-0.2, 0) is 31.6 Å². The van der Waals surface area contributed by atoms with Crippen molar-refractivity contribution in [2.45, 2.75) is 61.9 Å². The van der Waals surface area contributed by atoms with Crippen LogP contribution in [0.4, 0.5) is 8.78 Å². The molecule has 190 valence electrons. The Morgan fingerprint density at radius 3 is 2.34 bits per heavy atom. The number of hydrogen-bond donors (Lipinski definition) is 2. The molecule has 2 N–H and O–H groups in total. The standard InChI is InChI=1S/C24H27ClF2N2O5S/c1-23(2,14-21(30)31)17-5-3-16(4-6-17)15-29(20-13-24(26,27)11-12-28-22(20)32)35(33,34)19-9-7-18(25)8-10-19/h3-10,20H,11-15H2,1-2H3,(H,28,32)(H,30,31). The number of alkyl halides is 2. The zero-order valence-corrected chi connectivity index (χ0v) is 20.9.